The average molecular weight is 287 g/mol. The molecule has 1 atom stereocenters. The first-order chi connectivity index (χ1) is 7.20. The van der Waals surface area contributed by atoms with Gasteiger partial charge >= 0.3 is 0 Å². The molecular weight excluding hydrogens is 277 g/mol. The van der Waals surface area contributed by atoms with Gasteiger partial charge in [-0.2, -0.15) is 0 Å². The number of halogens is 2. The van der Waals surface area contributed by atoms with Crippen LogP contribution >= 0.6 is 27.5 Å². The van der Waals surface area contributed by atoms with Crippen molar-refractivity contribution in [2.75, 3.05) is 0 Å². The Morgan fingerprint density at radius 2 is 2.00 bits per heavy atom. The molecule has 15 heavy (non-hydrogen) atoms. The van der Waals surface area contributed by atoms with Crippen molar-refractivity contribution in [3.63, 3.8) is 0 Å². The monoisotopic (exact) mass is 285 g/mol. The van der Waals surface area contributed by atoms with Crippen LogP contribution in [0.4, 0.5) is 0 Å². The van der Waals surface area contributed by atoms with Crippen molar-refractivity contribution in [3.05, 3.63) is 57.4 Å². The van der Waals surface area contributed by atoms with E-state index in [0.29, 0.717) is 10.8 Å². The number of benzene rings is 1. The molecule has 2 rings (SSSR count). The maximum Gasteiger partial charge on any atom is 0.139 e. The molecule has 1 heterocycles. The lowest BCUT2D eigenvalue weighted by atomic mass is 10.1. The molecule has 1 aromatic carbocycles. The van der Waals surface area contributed by atoms with Gasteiger partial charge in [0.2, 0.25) is 0 Å². The Kier molecular flexibility index (Phi) is 3.14. The Hall–Kier alpha value is -0.770. The Balaban J connectivity index is 2.41. The summed E-state index contributed by atoms with van der Waals surface area (Å²) >= 11 is 9.42. The normalized spacial score (nSPS) is 12.7. The lowest BCUT2D eigenvalue weighted by Gasteiger charge is -2.11. The van der Waals surface area contributed by atoms with Gasteiger partial charge in [0.15, 0.2) is 0 Å². The van der Waals surface area contributed by atoms with Gasteiger partial charge in [0, 0.05) is 5.02 Å². The molecule has 1 unspecified atom stereocenters. The third-order valence-electron chi connectivity index (χ3n) is 2.17. The van der Waals surface area contributed by atoms with Crippen LogP contribution in [0.1, 0.15) is 17.4 Å². The quantitative estimate of drug-likeness (QED) is 0.913. The Labute approximate surface area is 101 Å². The first-order valence-electron chi connectivity index (χ1n) is 4.43. The molecule has 1 aromatic heterocycles. The molecule has 78 valence electrons. The van der Waals surface area contributed by atoms with Crippen LogP contribution in [-0.2, 0) is 0 Å². The Bertz CT molecular complexity index is 469. The molecule has 2 nitrogen and oxygen atoms in total. The Morgan fingerprint density at radius 1 is 1.27 bits per heavy atom. The van der Waals surface area contributed by atoms with Crippen molar-refractivity contribution < 1.29 is 4.42 Å². The summed E-state index contributed by atoms with van der Waals surface area (Å²) in [5.74, 6) is 0.683. The lowest BCUT2D eigenvalue weighted by molar-refractivity contribution is 0.487. The van der Waals surface area contributed by atoms with Crippen molar-refractivity contribution >= 4 is 27.5 Å². The summed E-state index contributed by atoms with van der Waals surface area (Å²) < 4.78 is 6.16. The van der Waals surface area contributed by atoms with Crippen molar-refractivity contribution in [1.29, 1.82) is 0 Å². The van der Waals surface area contributed by atoms with Crippen molar-refractivity contribution in [2.45, 2.75) is 6.04 Å². The zero-order valence-corrected chi connectivity index (χ0v) is 10.1. The summed E-state index contributed by atoms with van der Waals surface area (Å²) in [5.41, 5.74) is 6.91. The van der Waals surface area contributed by atoms with Gasteiger partial charge in [0.1, 0.15) is 5.76 Å². The van der Waals surface area contributed by atoms with Crippen LogP contribution in [0.2, 0.25) is 5.02 Å². The third-order valence-corrected chi connectivity index (χ3v) is 3.17. The summed E-state index contributed by atoms with van der Waals surface area (Å²) in [7, 11) is 0. The molecular formula is C11H9BrClNO. The predicted octanol–water partition coefficient (Wildman–Crippen LogP) is 3.74. The van der Waals surface area contributed by atoms with Crippen LogP contribution < -0.4 is 5.73 Å². The van der Waals surface area contributed by atoms with E-state index in [4.69, 9.17) is 21.8 Å². The maximum atomic E-state index is 6.05. The molecule has 2 aromatic rings. The number of rotatable bonds is 2. The molecule has 4 heteroatoms. The van der Waals surface area contributed by atoms with E-state index in [1.807, 2.05) is 30.3 Å². The van der Waals surface area contributed by atoms with E-state index in [0.717, 1.165) is 10.0 Å². The van der Waals surface area contributed by atoms with Crippen LogP contribution in [-0.4, -0.2) is 0 Å². The van der Waals surface area contributed by atoms with E-state index in [-0.39, 0.29) is 6.04 Å². The second-order valence-corrected chi connectivity index (χ2v) is 4.39. The van der Waals surface area contributed by atoms with Gasteiger partial charge in [-0.15, -0.1) is 0 Å². The van der Waals surface area contributed by atoms with E-state index in [1.54, 1.807) is 6.26 Å². The fourth-order valence-corrected chi connectivity index (χ4v) is 2.10. The summed E-state index contributed by atoms with van der Waals surface area (Å²) in [6, 6.07) is 8.94. The summed E-state index contributed by atoms with van der Waals surface area (Å²) in [5, 5.41) is 0.647. The van der Waals surface area contributed by atoms with Gasteiger partial charge in [-0.1, -0.05) is 29.8 Å². The van der Waals surface area contributed by atoms with E-state index in [2.05, 4.69) is 15.9 Å². The molecule has 0 saturated heterocycles. The topological polar surface area (TPSA) is 39.2 Å². The predicted molar refractivity (Wildman–Crippen MR) is 63.9 cm³/mol. The highest BCUT2D eigenvalue weighted by molar-refractivity contribution is 9.10. The second-order valence-electron chi connectivity index (χ2n) is 3.13. The molecule has 0 radical (unpaired) electrons. The lowest BCUT2D eigenvalue weighted by Crippen LogP contribution is -2.11. The van der Waals surface area contributed by atoms with Crippen LogP contribution in [0.25, 0.3) is 0 Å². The number of furan rings is 1. The zero-order valence-electron chi connectivity index (χ0n) is 7.78. The molecule has 0 bridgehead atoms. The molecule has 0 saturated carbocycles. The minimum atomic E-state index is -0.344. The SMILES string of the molecule is NC(c1ccccc1Cl)c1occc1Br. The van der Waals surface area contributed by atoms with Gasteiger partial charge in [0.05, 0.1) is 16.8 Å². The van der Waals surface area contributed by atoms with Gasteiger partial charge < -0.3 is 10.2 Å². The molecule has 0 aliphatic heterocycles. The second kappa shape index (κ2) is 4.39. The third kappa shape index (κ3) is 2.09. The number of hydrogen-bond donors (Lipinski definition) is 1. The zero-order chi connectivity index (χ0) is 10.8. The van der Waals surface area contributed by atoms with Crippen molar-refractivity contribution in [2.24, 2.45) is 5.73 Å². The minimum Gasteiger partial charge on any atom is -0.466 e. The minimum absolute atomic E-state index is 0.344. The van der Waals surface area contributed by atoms with Gasteiger partial charge in [-0.25, -0.2) is 0 Å². The smallest absolute Gasteiger partial charge is 0.139 e. The largest absolute Gasteiger partial charge is 0.466 e. The van der Waals surface area contributed by atoms with E-state index >= 15 is 0 Å². The molecule has 2 N–H and O–H groups in total. The molecule has 0 aliphatic rings. The van der Waals surface area contributed by atoms with Crippen LogP contribution in [0.3, 0.4) is 0 Å². The van der Waals surface area contributed by atoms with Crippen LogP contribution in [0.5, 0.6) is 0 Å². The molecule has 0 fully saturated rings. The fraction of sp³-hybridized carbons (Fsp3) is 0.0909. The Morgan fingerprint density at radius 3 is 2.60 bits per heavy atom. The average Bonchev–Trinajstić information content (AvgIpc) is 2.64. The van der Waals surface area contributed by atoms with E-state index in [9.17, 15) is 0 Å². The van der Waals surface area contributed by atoms with Gasteiger partial charge in [-0.3, -0.25) is 0 Å². The number of hydrogen-bond acceptors (Lipinski definition) is 2. The van der Waals surface area contributed by atoms with Crippen LogP contribution in [0, 0.1) is 0 Å². The molecule has 0 aliphatic carbocycles. The van der Waals surface area contributed by atoms with E-state index in [1.165, 1.54) is 0 Å². The van der Waals surface area contributed by atoms with Gasteiger partial charge in [-0.05, 0) is 33.6 Å². The number of nitrogens with two attached hydrogens (primary N) is 1. The first-order valence-corrected chi connectivity index (χ1v) is 5.60. The summed E-state index contributed by atoms with van der Waals surface area (Å²) in [4.78, 5) is 0. The highest BCUT2D eigenvalue weighted by atomic mass is 79.9. The van der Waals surface area contributed by atoms with Crippen molar-refractivity contribution in [1.82, 2.24) is 0 Å². The molecule has 0 amide bonds. The highest BCUT2D eigenvalue weighted by Gasteiger charge is 2.17. The van der Waals surface area contributed by atoms with Gasteiger partial charge in [0.25, 0.3) is 0 Å². The first kappa shape index (κ1) is 10.7. The summed E-state index contributed by atoms with van der Waals surface area (Å²) in [6.07, 6.45) is 1.59. The van der Waals surface area contributed by atoms with Crippen molar-refractivity contribution in [3.8, 4) is 0 Å². The standard InChI is InChI=1S/C11H9BrClNO/c12-8-5-6-15-11(8)10(14)7-3-1-2-4-9(7)13/h1-6,10H,14H2. The summed E-state index contributed by atoms with van der Waals surface area (Å²) in [6.45, 7) is 0. The van der Waals surface area contributed by atoms with E-state index < -0.39 is 0 Å². The van der Waals surface area contributed by atoms with Crippen LogP contribution in [0.15, 0.2) is 45.5 Å². The molecule has 0 spiro atoms. The maximum absolute atomic E-state index is 6.05. The fourth-order valence-electron chi connectivity index (χ4n) is 1.40. The highest BCUT2D eigenvalue weighted by Crippen LogP contribution is 2.31.